The van der Waals surface area contributed by atoms with E-state index in [1.54, 1.807) is 12.1 Å². The van der Waals surface area contributed by atoms with Crippen molar-refractivity contribution in [2.24, 2.45) is 0 Å². The molecule has 0 saturated heterocycles. The van der Waals surface area contributed by atoms with Gasteiger partial charge in [0.1, 0.15) is 5.82 Å². The summed E-state index contributed by atoms with van der Waals surface area (Å²) in [7, 11) is 0. The number of nitrogens with zero attached hydrogens (tertiary/aromatic N) is 4. The van der Waals surface area contributed by atoms with Gasteiger partial charge in [-0.05, 0) is 36.4 Å². The molecule has 2 aromatic carbocycles. The van der Waals surface area contributed by atoms with E-state index in [1.807, 2.05) is 53.1 Å². The number of amides is 1. The topological polar surface area (TPSA) is 88.0 Å². The van der Waals surface area contributed by atoms with Crippen molar-refractivity contribution in [2.75, 3.05) is 5.32 Å². The van der Waals surface area contributed by atoms with Crippen molar-refractivity contribution < 1.29 is 9.18 Å². The molecule has 2 N–H and O–H groups in total. The minimum atomic E-state index is -0.328. The van der Waals surface area contributed by atoms with Crippen molar-refractivity contribution in [1.82, 2.24) is 24.6 Å². The summed E-state index contributed by atoms with van der Waals surface area (Å²) in [4.78, 5) is 19.3. The van der Waals surface area contributed by atoms with E-state index in [9.17, 15) is 9.18 Å². The molecule has 0 atom stereocenters. The van der Waals surface area contributed by atoms with Crippen LogP contribution in [0, 0.1) is 5.82 Å². The molecule has 3 aromatic heterocycles. The number of aromatic nitrogens is 5. The van der Waals surface area contributed by atoms with Crippen LogP contribution in [0.25, 0.3) is 39.5 Å². The number of carbonyl (C=O) groups excluding carboxylic acids is 1. The molecule has 0 fully saturated rings. The predicted octanol–water partition coefficient (Wildman–Crippen LogP) is 4.55. The minimum Gasteiger partial charge on any atom is -0.323 e. The fourth-order valence-electron chi connectivity index (χ4n) is 3.45. The number of hydrogen-bond acceptors (Lipinski definition) is 4. The summed E-state index contributed by atoms with van der Waals surface area (Å²) >= 11 is 0. The number of anilines is 1. The van der Waals surface area contributed by atoms with Crippen LogP contribution in [0.15, 0.2) is 72.9 Å². The van der Waals surface area contributed by atoms with Crippen LogP contribution in [0.1, 0.15) is 6.92 Å². The van der Waals surface area contributed by atoms with Crippen molar-refractivity contribution in [3.8, 4) is 33.9 Å². The second kappa shape index (κ2) is 7.49. The monoisotopic (exact) mass is 412 g/mol. The summed E-state index contributed by atoms with van der Waals surface area (Å²) in [5.74, 6) is 0.448. The Hall–Kier alpha value is -4.33. The van der Waals surface area contributed by atoms with E-state index in [-0.39, 0.29) is 11.7 Å². The Morgan fingerprint density at radius 2 is 1.68 bits per heavy atom. The summed E-state index contributed by atoms with van der Waals surface area (Å²) in [6.07, 6.45) is 1.90. The van der Waals surface area contributed by atoms with Crippen LogP contribution in [0.2, 0.25) is 0 Å². The second-order valence-corrected chi connectivity index (χ2v) is 7.03. The lowest BCUT2D eigenvalue weighted by atomic mass is 10.1. The van der Waals surface area contributed by atoms with E-state index in [4.69, 9.17) is 0 Å². The smallest absolute Gasteiger partial charge is 0.223 e. The number of imidazole rings is 1. The Kier molecular flexibility index (Phi) is 4.51. The highest BCUT2D eigenvalue weighted by Crippen LogP contribution is 2.32. The number of aromatic amines is 1. The molecule has 0 saturated carbocycles. The summed E-state index contributed by atoms with van der Waals surface area (Å²) < 4.78 is 15.3. The first-order chi connectivity index (χ1) is 15.1. The molecule has 0 unspecified atom stereocenters. The summed E-state index contributed by atoms with van der Waals surface area (Å²) in [5.41, 5.74) is 4.45. The van der Waals surface area contributed by atoms with Gasteiger partial charge in [0.15, 0.2) is 11.5 Å². The zero-order valence-electron chi connectivity index (χ0n) is 16.5. The van der Waals surface area contributed by atoms with E-state index in [0.29, 0.717) is 28.8 Å². The molecule has 0 aliphatic rings. The van der Waals surface area contributed by atoms with Gasteiger partial charge in [-0.25, -0.2) is 9.37 Å². The number of carbonyl (C=O) groups is 1. The zero-order chi connectivity index (χ0) is 21.4. The molecule has 1 amide bonds. The molecule has 0 radical (unpaired) electrons. The maximum absolute atomic E-state index is 13.4. The van der Waals surface area contributed by atoms with E-state index in [0.717, 1.165) is 16.7 Å². The highest BCUT2D eigenvalue weighted by Gasteiger charge is 2.17. The Morgan fingerprint density at radius 1 is 0.935 bits per heavy atom. The number of pyridine rings is 1. The number of nitrogens with one attached hydrogen (secondary N) is 2. The first-order valence-corrected chi connectivity index (χ1v) is 9.62. The van der Waals surface area contributed by atoms with E-state index < -0.39 is 0 Å². The van der Waals surface area contributed by atoms with Crippen molar-refractivity contribution in [3.63, 3.8) is 0 Å². The maximum Gasteiger partial charge on any atom is 0.223 e. The minimum absolute atomic E-state index is 0.244. The molecule has 5 rings (SSSR count). The van der Waals surface area contributed by atoms with Crippen molar-refractivity contribution in [3.05, 3.63) is 78.7 Å². The average Bonchev–Trinajstić information content (AvgIpc) is 3.38. The van der Waals surface area contributed by atoms with Gasteiger partial charge < -0.3 is 4.98 Å². The quantitative estimate of drug-likeness (QED) is 0.453. The number of halogens is 1. The molecular formula is C23H17FN6O. The number of rotatable bonds is 4. The average molecular weight is 412 g/mol. The van der Waals surface area contributed by atoms with Crippen LogP contribution in [0.4, 0.5) is 10.3 Å². The summed E-state index contributed by atoms with van der Waals surface area (Å²) in [5, 5.41) is 11.2. The Labute approximate surface area is 176 Å². The molecular weight excluding hydrogens is 395 g/mol. The number of benzene rings is 2. The SMILES string of the molecule is CC(=O)Nc1nc(-c2ccc3nnc(-c4ccccc4)n3c2)c(-c2ccc(F)cc2)[nH]1. The fraction of sp³-hybridized carbons (Fsp3) is 0.0435. The van der Waals surface area contributed by atoms with E-state index in [1.165, 1.54) is 19.1 Å². The molecule has 7 nitrogen and oxygen atoms in total. The van der Waals surface area contributed by atoms with Crippen LogP contribution >= 0.6 is 0 Å². The normalized spacial score (nSPS) is 11.0. The van der Waals surface area contributed by atoms with Crippen molar-refractivity contribution >= 4 is 17.5 Å². The Morgan fingerprint density at radius 3 is 2.42 bits per heavy atom. The highest BCUT2D eigenvalue weighted by atomic mass is 19.1. The van der Waals surface area contributed by atoms with Crippen LogP contribution in [-0.4, -0.2) is 30.5 Å². The third-order valence-electron chi connectivity index (χ3n) is 4.84. The summed E-state index contributed by atoms with van der Waals surface area (Å²) in [6, 6.07) is 19.6. The zero-order valence-corrected chi connectivity index (χ0v) is 16.5. The lowest BCUT2D eigenvalue weighted by molar-refractivity contribution is -0.114. The van der Waals surface area contributed by atoms with Crippen molar-refractivity contribution in [1.29, 1.82) is 0 Å². The summed E-state index contributed by atoms with van der Waals surface area (Å²) in [6.45, 7) is 1.41. The van der Waals surface area contributed by atoms with Gasteiger partial charge in [0.25, 0.3) is 0 Å². The van der Waals surface area contributed by atoms with Gasteiger partial charge >= 0.3 is 0 Å². The predicted molar refractivity (Wildman–Crippen MR) is 116 cm³/mol. The molecule has 5 aromatic rings. The molecule has 152 valence electrons. The molecule has 0 spiro atoms. The van der Waals surface area contributed by atoms with Gasteiger partial charge in [-0.3, -0.25) is 14.5 Å². The van der Waals surface area contributed by atoms with Crippen LogP contribution in [0.3, 0.4) is 0 Å². The number of H-pyrrole nitrogens is 1. The standard InChI is InChI=1S/C23H17FN6O/c1-14(31)25-23-26-20(15-7-10-18(24)11-8-15)21(27-23)17-9-12-19-28-29-22(30(19)13-17)16-5-3-2-4-6-16/h2-13H,1H3,(H2,25,26,27,31). The molecule has 31 heavy (non-hydrogen) atoms. The lowest BCUT2D eigenvalue weighted by Gasteiger charge is -2.05. The molecule has 0 bridgehead atoms. The largest absolute Gasteiger partial charge is 0.323 e. The van der Waals surface area contributed by atoms with Crippen LogP contribution in [0.5, 0.6) is 0 Å². The molecule has 8 heteroatoms. The van der Waals surface area contributed by atoms with Crippen molar-refractivity contribution in [2.45, 2.75) is 6.92 Å². The number of fused-ring (bicyclic) bond motifs is 1. The third-order valence-corrected chi connectivity index (χ3v) is 4.84. The van der Waals surface area contributed by atoms with Crippen LogP contribution in [-0.2, 0) is 4.79 Å². The molecule has 0 aliphatic carbocycles. The van der Waals surface area contributed by atoms with Crippen LogP contribution < -0.4 is 5.32 Å². The molecule has 0 aliphatic heterocycles. The third kappa shape index (κ3) is 3.55. The van der Waals surface area contributed by atoms with E-state index in [2.05, 4.69) is 25.5 Å². The first-order valence-electron chi connectivity index (χ1n) is 9.62. The number of hydrogen-bond donors (Lipinski definition) is 2. The Balaban J connectivity index is 1.67. The second-order valence-electron chi connectivity index (χ2n) is 7.03. The highest BCUT2D eigenvalue weighted by molar-refractivity contribution is 5.89. The van der Waals surface area contributed by atoms with Gasteiger partial charge in [0, 0.05) is 29.8 Å². The maximum atomic E-state index is 13.4. The van der Waals surface area contributed by atoms with Gasteiger partial charge in [-0.1, -0.05) is 30.3 Å². The molecule has 3 heterocycles. The Bertz CT molecular complexity index is 1390. The fourth-order valence-corrected chi connectivity index (χ4v) is 3.45. The lowest BCUT2D eigenvalue weighted by Crippen LogP contribution is -2.06. The van der Waals surface area contributed by atoms with Gasteiger partial charge in [-0.2, -0.15) is 0 Å². The van der Waals surface area contributed by atoms with Gasteiger partial charge in [0.05, 0.1) is 11.4 Å². The van der Waals surface area contributed by atoms with Gasteiger partial charge in [0.2, 0.25) is 11.9 Å². The van der Waals surface area contributed by atoms with Gasteiger partial charge in [-0.15, -0.1) is 10.2 Å². The first kappa shape index (κ1) is 18.7. The van der Waals surface area contributed by atoms with E-state index >= 15 is 0 Å².